The van der Waals surface area contributed by atoms with Gasteiger partial charge < -0.3 is 19.8 Å². The second-order valence-corrected chi connectivity index (χ2v) is 15.4. The van der Waals surface area contributed by atoms with Crippen LogP contribution in [0, 0.1) is 17.8 Å². The van der Waals surface area contributed by atoms with Crippen molar-refractivity contribution < 1.29 is 32.4 Å². The van der Waals surface area contributed by atoms with Gasteiger partial charge in [-0.1, -0.05) is 47.6 Å². The number of sulfonamides is 1. The minimum absolute atomic E-state index is 0.186. The van der Waals surface area contributed by atoms with E-state index in [0.29, 0.717) is 37.5 Å². The first-order valence-electron chi connectivity index (χ1n) is 16.6. The van der Waals surface area contributed by atoms with Gasteiger partial charge in [0.25, 0.3) is 5.91 Å². The quantitative estimate of drug-likeness (QED) is 0.381. The van der Waals surface area contributed by atoms with Crippen LogP contribution in [0.1, 0.15) is 56.1 Å². The molecule has 5 aliphatic rings. The first-order valence-corrected chi connectivity index (χ1v) is 18.2. The molecule has 4 bridgehead atoms. The Bertz CT molecular complexity index is 1830. The highest BCUT2D eigenvalue weighted by Gasteiger charge is 2.62. The number of oxime groups is 1. The fourth-order valence-electron chi connectivity index (χ4n) is 7.18. The molecule has 252 valence electrons. The summed E-state index contributed by atoms with van der Waals surface area (Å²) in [6.07, 6.45) is 8.16. The molecule has 0 spiro atoms. The first kappa shape index (κ1) is 32.1. The van der Waals surface area contributed by atoms with E-state index in [1.54, 1.807) is 18.0 Å². The molecule has 5 atom stereocenters. The number of carbonyl (C=O) groups is 3. The van der Waals surface area contributed by atoms with Crippen LogP contribution in [0.3, 0.4) is 0 Å². The number of hydrogen-bond acceptors (Lipinski definition) is 8. The molecule has 2 aromatic carbocycles. The average Bonchev–Trinajstić information content (AvgIpc) is 3.99. The molecule has 12 heteroatoms. The molecule has 2 N–H and O–H groups in total. The van der Waals surface area contributed by atoms with Gasteiger partial charge in [0.1, 0.15) is 29.7 Å². The maximum absolute atomic E-state index is 14.0. The Labute approximate surface area is 280 Å². The van der Waals surface area contributed by atoms with Gasteiger partial charge in [-0.3, -0.25) is 19.1 Å². The SMILES string of the molecule is C=C[C@H]1C[C@@]1(NC(=O)[C@@H]1C[C@@H]2C[C@H]1C(=O)N(C)CCC/C=C\COc1ccc3c(c1)/C(=N\O2)c1ccccc1-3)C(=O)NS(=O)(=O)C1CC1. The van der Waals surface area contributed by atoms with E-state index in [2.05, 4.69) is 21.8 Å². The zero-order valence-corrected chi connectivity index (χ0v) is 27.7. The van der Waals surface area contributed by atoms with Crippen LogP contribution in [0.4, 0.5) is 0 Å². The Morgan fingerprint density at radius 1 is 1.06 bits per heavy atom. The van der Waals surface area contributed by atoms with Gasteiger partial charge in [-0.15, -0.1) is 6.58 Å². The number of amides is 3. The number of allylic oxidation sites excluding steroid dienone is 1. The largest absolute Gasteiger partial charge is 0.490 e. The minimum atomic E-state index is -3.82. The predicted octanol–water partition coefficient (Wildman–Crippen LogP) is 3.69. The molecule has 3 amide bonds. The van der Waals surface area contributed by atoms with Crippen LogP contribution in [0.15, 0.2) is 72.4 Å². The zero-order chi connectivity index (χ0) is 33.6. The highest BCUT2D eigenvalue weighted by atomic mass is 32.2. The van der Waals surface area contributed by atoms with E-state index in [1.165, 1.54) is 0 Å². The summed E-state index contributed by atoms with van der Waals surface area (Å²) in [6, 6.07) is 13.9. The van der Waals surface area contributed by atoms with Gasteiger partial charge >= 0.3 is 0 Å². The zero-order valence-electron chi connectivity index (χ0n) is 26.9. The molecule has 1 aliphatic heterocycles. The maximum Gasteiger partial charge on any atom is 0.259 e. The molecule has 7 rings (SSSR count). The lowest BCUT2D eigenvalue weighted by atomic mass is 9.93. The predicted molar refractivity (Wildman–Crippen MR) is 179 cm³/mol. The molecule has 11 nitrogen and oxygen atoms in total. The normalized spacial score (nSPS) is 29.9. The third-order valence-corrected chi connectivity index (χ3v) is 12.0. The van der Waals surface area contributed by atoms with E-state index in [-0.39, 0.29) is 25.2 Å². The lowest BCUT2D eigenvalue weighted by molar-refractivity contribution is -0.140. The van der Waals surface area contributed by atoms with Crippen molar-refractivity contribution in [1.29, 1.82) is 0 Å². The standard InChI is InChI=1S/C36H40N4O7S/c1-3-22-21-36(22,35(43)39-48(44,45)25-13-14-25)37-33(41)30-19-24-20-31(30)34(42)40(2)16-8-4-5-9-17-46-23-12-15-27-26-10-6-7-11-28(26)32(38-47-24)29(27)18-23/h3,5-7,9-12,15,18,22,24-25,30-31H,1,4,8,13-14,16-17,19-21H2,2H3,(H,37,41)(H,39,43)/b9-5-,38-32-/t22-,24+,30+,31+,36-/m0/s1. The Morgan fingerprint density at radius 2 is 1.83 bits per heavy atom. The van der Waals surface area contributed by atoms with Gasteiger partial charge in [0.15, 0.2) is 0 Å². The number of benzene rings is 2. The van der Waals surface area contributed by atoms with Crippen molar-refractivity contribution in [3.8, 4) is 16.9 Å². The number of rotatable bonds is 6. The van der Waals surface area contributed by atoms with Crippen molar-refractivity contribution in [1.82, 2.24) is 14.9 Å². The summed E-state index contributed by atoms with van der Waals surface area (Å²) in [5, 5.41) is 6.91. The molecule has 1 heterocycles. The smallest absolute Gasteiger partial charge is 0.259 e. The minimum Gasteiger partial charge on any atom is -0.490 e. The summed E-state index contributed by atoms with van der Waals surface area (Å²) in [6.45, 7) is 4.68. The monoisotopic (exact) mass is 672 g/mol. The van der Waals surface area contributed by atoms with Crippen LogP contribution in [0.5, 0.6) is 5.75 Å². The van der Waals surface area contributed by atoms with Gasteiger partial charge in [0.05, 0.1) is 17.1 Å². The van der Waals surface area contributed by atoms with Crippen molar-refractivity contribution in [2.24, 2.45) is 22.9 Å². The molecule has 48 heavy (non-hydrogen) atoms. The molecule has 0 unspecified atom stereocenters. The molecular weight excluding hydrogens is 632 g/mol. The summed E-state index contributed by atoms with van der Waals surface area (Å²) in [5.74, 6) is -2.69. The van der Waals surface area contributed by atoms with Crippen molar-refractivity contribution in [3.05, 3.63) is 78.4 Å². The second kappa shape index (κ2) is 12.5. The Morgan fingerprint density at radius 3 is 2.58 bits per heavy atom. The van der Waals surface area contributed by atoms with E-state index in [0.717, 1.165) is 35.1 Å². The highest BCUT2D eigenvalue weighted by Crippen LogP contribution is 2.47. The number of ether oxygens (including phenoxy) is 1. The second-order valence-electron chi connectivity index (χ2n) is 13.5. The molecule has 3 saturated carbocycles. The van der Waals surface area contributed by atoms with E-state index in [9.17, 15) is 22.8 Å². The Balaban J connectivity index is 1.17. The van der Waals surface area contributed by atoms with Gasteiger partial charge in [0, 0.05) is 30.6 Å². The fourth-order valence-corrected chi connectivity index (χ4v) is 8.54. The molecule has 4 aliphatic carbocycles. The van der Waals surface area contributed by atoms with Crippen LogP contribution in [-0.4, -0.2) is 73.8 Å². The number of fused-ring (bicyclic) bond motifs is 6. The van der Waals surface area contributed by atoms with Gasteiger partial charge in [-0.2, -0.15) is 0 Å². The molecular formula is C36H40N4O7S. The number of hydrogen-bond donors (Lipinski definition) is 2. The third-order valence-electron chi connectivity index (χ3n) is 10.2. The van der Waals surface area contributed by atoms with Crippen LogP contribution in [0.25, 0.3) is 11.1 Å². The van der Waals surface area contributed by atoms with Crippen LogP contribution in [-0.2, 0) is 29.2 Å². The average molecular weight is 673 g/mol. The summed E-state index contributed by atoms with van der Waals surface area (Å²) in [7, 11) is -2.09. The molecule has 0 radical (unpaired) electrons. The summed E-state index contributed by atoms with van der Waals surface area (Å²) in [5.41, 5.74) is 3.04. The highest BCUT2D eigenvalue weighted by molar-refractivity contribution is 7.91. The van der Waals surface area contributed by atoms with Crippen molar-refractivity contribution in [2.75, 3.05) is 20.2 Å². The topological polar surface area (TPSA) is 143 Å². The van der Waals surface area contributed by atoms with E-state index in [1.807, 2.05) is 54.6 Å². The van der Waals surface area contributed by atoms with Crippen LogP contribution >= 0.6 is 0 Å². The Hall–Kier alpha value is -4.45. The van der Waals surface area contributed by atoms with E-state index in [4.69, 9.17) is 9.57 Å². The number of carbonyl (C=O) groups excluding carboxylic acids is 3. The van der Waals surface area contributed by atoms with Gasteiger partial charge in [-0.25, -0.2) is 8.42 Å². The van der Waals surface area contributed by atoms with Crippen molar-refractivity contribution >= 4 is 33.5 Å². The van der Waals surface area contributed by atoms with Crippen molar-refractivity contribution in [2.45, 2.75) is 61.8 Å². The van der Waals surface area contributed by atoms with Gasteiger partial charge in [-0.05, 0) is 74.3 Å². The van der Waals surface area contributed by atoms with Crippen LogP contribution < -0.4 is 14.8 Å². The lowest BCUT2D eigenvalue weighted by Crippen LogP contribution is -2.54. The van der Waals surface area contributed by atoms with Gasteiger partial charge in [0.2, 0.25) is 21.8 Å². The number of nitrogens with one attached hydrogen (secondary N) is 2. The summed E-state index contributed by atoms with van der Waals surface area (Å²) < 4.78 is 33.4. The molecule has 0 saturated heterocycles. The Kier molecular flexibility index (Phi) is 8.39. The molecule has 2 aromatic rings. The molecule has 0 aromatic heterocycles. The first-order chi connectivity index (χ1) is 23.1. The van der Waals surface area contributed by atoms with E-state index < -0.39 is 56.5 Å². The lowest BCUT2D eigenvalue weighted by Gasteiger charge is -2.26. The van der Waals surface area contributed by atoms with E-state index >= 15 is 0 Å². The van der Waals surface area contributed by atoms with Crippen LogP contribution in [0.2, 0.25) is 0 Å². The molecule has 3 fully saturated rings. The maximum atomic E-state index is 14.0. The number of nitrogens with zero attached hydrogens (tertiary/aromatic N) is 2. The fraction of sp³-hybridized carbons (Fsp3) is 0.444. The summed E-state index contributed by atoms with van der Waals surface area (Å²) in [4.78, 5) is 49.1. The third kappa shape index (κ3) is 6.02. The summed E-state index contributed by atoms with van der Waals surface area (Å²) >= 11 is 0. The van der Waals surface area contributed by atoms with Crippen molar-refractivity contribution in [3.63, 3.8) is 0 Å².